The van der Waals surface area contributed by atoms with Crippen LogP contribution in [0.5, 0.6) is 5.75 Å². The molecule has 4 aromatic carbocycles. The molecule has 7 heteroatoms. The monoisotopic (exact) mass is 512 g/mol. The number of anilines is 1. The van der Waals surface area contributed by atoms with Gasteiger partial charge in [0.05, 0.1) is 29.7 Å². The maximum atomic E-state index is 13.3. The maximum Gasteiger partial charge on any atom is 0.261 e. The Morgan fingerprint density at radius 2 is 1.73 bits per heavy atom. The molecule has 0 saturated heterocycles. The fourth-order valence-corrected chi connectivity index (χ4v) is 5.81. The topological polar surface area (TPSA) is 84.8 Å². The molecule has 0 saturated carbocycles. The van der Waals surface area contributed by atoms with Gasteiger partial charge in [0.2, 0.25) is 0 Å². The van der Waals surface area contributed by atoms with Crippen molar-refractivity contribution in [3.63, 3.8) is 0 Å². The highest BCUT2D eigenvalue weighted by Crippen LogP contribution is 2.31. The van der Waals surface area contributed by atoms with Gasteiger partial charge in [-0.25, -0.2) is 8.42 Å². The zero-order valence-electron chi connectivity index (χ0n) is 21.0. The Hall–Kier alpha value is -3.97. The van der Waals surface area contributed by atoms with Crippen LogP contribution in [0.1, 0.15) is 41.8 Å². The maximum absolute atomic E-state index is 13.3. The molecule has 5 rings (SSSR count). The van der Waals surface area contributed by atoms with Gasteiger partial charge in [-0.15, -0.1) is 0 Å². The molecular weight excluding hydrogens is 484 g/mol. The first kappa shape index (κ1) is 24.7. The molecular formula is C30H28N2O4S. The van der Waals surface area contributed by atoms with Crippen molar-refractivity contribution in [1.82, 2.24) is 0 Å². The molecule has 0 unspecified atom stereocenters. The molecule has 37 heavy (non-hydrogen) atoms. The average molecular weight is 513 g/mol. The molecule has 1 aliphatic rings. The first-order valence-electron chi connectivity index (χ1n) is 12.0. The quantitative estimate of drug-likeness (QED) is 0.306. The smallest absolute Gasteiger partial charge is 0.261 e. The zero-order valence-corrected chi connectivity index (χ0v) is 21.8. The number of hydrogen-bond acceptors (Lipinski definition) is 5. The van der Waals surface area contributed by atoms with Crippen LogP contribution < -0.4 is 9.46 Å². The number of carbonyl (C=O) groups excluding carboxylic acids is 1. The number of sulfonamides is 1. The van der Waals surface area contributed by atoms with E-state index in [9.17, 15) is 13.2 Å². The number of carbonyl (C=O) groups is 1. The van der Waals surface area contributed by atoms with Crippen LogP contribution in [0.25, 0.3) is 10.8 Å². The summed E-state index contributed by atoms with van der Waals surface area (Å²) in [6.45, 7) is 4.10. The zero-order chi connectivity index (χ0) is 26.2. The van der Waals surface area contributed by atoms with Crippen LogP contribution in [-0.4, -0.2) is 32.6 Å². The van der Waals surface area contributed by atoms with Crippen LogP contribution in [-0.2, 0) is 16.4 Å². The van der Waals surface area contributed by atoms with Crippen molar-refractivity contribution in [3.05, 3.63) is 102 Å². The van der Waals surface area contributed by atoms with Gasteiger partial charge in [0.25, 0.3) is 10.0 Å². The van der Waals surface area contributed by atoms with Gasteiger partial charge in [-0.1, -0.05) is 48.5 Å². The van der Waals surface area contributed by atoms with Gasteiger partial charge >= 0.3 is 0 Å². The third kappa shape index (κ3) is 5.27. The fourth-order valence-electron chi connectivity index (χ4n) is 4.73. The van der Waals surface area contributed by atoms with E-state index in [2.05, 4.69) is 4.72 Å². The van der Waals surface area contributed by atoms with Gasteiger partial charge in [-0.2, -0.15) is 0 Å². The fraction of sp³-hybridized carbons (Fsp3) is 0.200. The molecule has 6 nitrogen and oxygen atoms in total. The van der Waals surface area contributed by atoms with Crippen molar-refractivity contribution in [2.45, 2.75) is 37.1 Å². The van der Waals surface area contributed by atoms with Crippen molar-refractivity contribution in [3.8, 4) is 5.75 Å². The molecule has 1 heterocycles. The largest absolute Gasteiger partial charge is 0.497 e. The summed E-state index contributed by atoms with van der Waals surface area (Å²) in [4.78, 5) is 18.4. The lowest BCUT2D eigenvalue weighted by Crippen LogP contribution is -2.30. The number of nitrogens with zero attached hydrogens (tertiary/aromatic N) is 1. The second-order valence-corrected chi connectivity index (χ2v) is 11.5. The van der Waals surface area contributed by atoms with Crippen molar-refractivity contribution in [2.24, 2.45) is 4.99 Å². The number of fused-ring (bicyclic) bond motifs is 2. The summed E-state index contributed by atoms with van der Waals surface area (Å²) < 4.78 is 34.2. The molecule has 188 valence electrons. The van der Waals surface area contributed by atoms with Crippen molar-refractivity contribution in [2.75, 3.05) is 11.8 Å². The lowest BCUT2D eigenvalue weighted by atomic mass is 9.85. The van der Waals surface area contributed by atoms with Crippen LogP contribution in [0.3, 0.4) is 0 Å². The summed E-state index contributed by atoms with van der Waals surface area (Å²) >= 11 is 0. The second kappa shape index (κ2) is 9.48. The molecule has 4 aromatic rings. The molecule has 0 bridgehead atoms. The van der Waals surface area contributed by atoms with E-state index >= 15 is 0 Å². The number of hydrogen-bond donors (Lipinski definition) is 1. The van der Waals surface area contributed by atoms with E-state index in [1.807, 2.05) is 56.3 Å². The molecule has 0 fully saturated rings. The second-order valence-electron chi connectivity index (χ2n) is 9.87. The predicted octanol–water partition coefficient (Wildman–Crippen LogP) is 6.05. The van der Waals surface area contributed by atoms with Crippen LogP contribution in [0.2, 0.25) is 0 Å². The summed E-state index contributed by atoms with van der Waals surface area (Å²) in [5, 5.41) is 1.80. The third-order valence-corrected chi connectivity index (χ3v) is 7.86. The molecule has 0 aliphatic carbocycles. The highest BCUT2D eigenvalue weighted by molar-refractivity contribution is 7.92. The first-order chi connectivity index (χ1) is 17.6. The van der Waals surface area contributed by atoms with Gasteiger partial charge in [0, 0.05) is 16.8 Å². The average Bonchev–Trinajstić information content (AvgIpc) is 2.87. The molecule has 1 aliphatic heterocycles. The van der Waals surface area contributed by atoms with E-state index in [1.54, 1.807) is 49.6 Å². The summed E-state index contributed by atoms with van der Waals surface area (Å²) in [5.74, 6) is 0.570. The normalized spacial score (nSPS) is 14.5. The SMILES string of the molecule is COc1ccc2c(c1)C(CC(=O)c1cccc(NS(=O)(=O)c3ccc4ccccc4c3)c1)=NC(C)(C)C2. The van der Waals surface area contributed by atoms with E-state index in [1.165, 1.54) is 0 Å². The number of ketones is 1. The number of aliphatic imine (C=N–C) groups is 1. The number of rotatable bonds is 7. The number of nitrogens with one attached hydrogen (secondary N) is 1. The molecule has 0 atom stereocenters. The van der Waals surface area contributed by atoms with E-state index in [0.29, 0.717) is 22.7 Å². The highest BCUT2D eigenvalue weighted by Gasteiger charge is 2.28. The van der Waals surface area contributed by atoms with Gasteiger partial charge in [0.15, 0.2) is 5.78 Å². The minimum Gasteiger partial charge on any atom is -0.497 e. The summed E-state index contributed by atoms with van der Waals surface area (Å²) in [6, 6.07) is 25.0. The lowest BCUT2D eigenvalue weighted by molar-refractivity contribution is 0.100. The molecule has 0 radical (unpaired) electrons. The van der Waals surface area contributed by atoms with E-state index in [-0.39, 0.29) is 22.6 Å². The van der Waals surface area contributed by atoms with E-state index in [4.69, 9.17) is 9.73 Å². The van der Waals surface area contributed by atoms with Gasteiger partial charge in [0.1, 0.15) is 5.75 Å². The van der Waals surface area contributed by atoms with Crippen molar-refractivity contribution in [1.29, 1.82) is 0 Å². The van der Waals surface area contributed by atoms with Gasteiger partial charge < -0.3 is 4.74 Å². The lowest BCUT2D eigenvalue weighted by Gasteiger charge is -2.29. The van der Waals surface area contributed by atoms with Crippen LogP contribution >= 0.6 is 0 Å². The highest BCUT2D eigenvalue weighted by atomic mass is 32.2. The van der Waals surface area contributed by atoms with Gasteiger partial charge in [-0.3, -0.25) is 14.5 Å². The number of Topliss-reactive ketones (excluding diaryl/α,β-unsaturated/α-hetero) is 1. The van der Waals surface area contributed by atoms with Crippen molar-refractivity contribution < 1.29 is 17.9 Å². The molecule has 0 spiro atoms. The number of benzene rings is 4. The van der Waals surface area contributed by atoms with E-state index < -0.39 is 10.0 Å². The Morgan fingerprint density at radius 1 is 0.946 bits per heavy atom. The molecule has 1 N–H and O–H groups in total. The Balaban J connectivity index is 1.39. The van der Waals surface area contributed by atoms with E-state index in [0.717, 1.165) is 28.3 Å². The Kier molecular flexibility index (Phi) is 6.33. The van der Waals surface area contributed by atoms with Crippen LogP contribution in [0.15, 0.2) is 94.8 Å². The molecule has 0 amide bonds. The Morgan fingerprint density at radius 3 is 2.51 bits per heavy atom. The van der Waals surface area contributed by atoms with Gasteiger partial charge in [-0.05, 0) is 73.0 Å². The standard InChI is InChI=1S/C30H28N2O4S/c1-30(2)19-23-11-13-25(36-3)17-27(23)28(31-30)18-29(33)22-9-6-10-24(15-22)32-37(34,35)26-14-12-20-7-4-5-8-21(20)16-26/h4-17,32H,18-19H2,1-3H3. The minimum atomic E-state index is -3.84. The first-order valence-corrected chi connectivity index (χ1v) is 13.5. The van der Waals surface area contributed by atoms with Crippen molar-refractivity contribution >= 4 is 38.0 Å². The Labute approximate surface area is 217 Å². The Bertz CT molecular complexity index is 1660. The van der Waals surface area contributed by atoms with Crippen LogP contribution in [0, 0.1) is 0 Å². The number of ether oxygens (including phenoxy) is 1. The number of methoxy groups -OCH3 is 1. The predicted molar refractivity (Wildman–Crippen MR) is 147 cm³/mol. The van der Waals surface area contributed by atoms with Crippen LogP contribution in [0.4, 0.5) is 5.69 Å². The summed E-state index contributed by atoms with van der Waals surface area (Å²) in [6.07, 6.45) is 0.876. The summed E-state index contributed by atoms with van der Waals surface area (Å²) in [7, 11) is -2.22. The molecule has 0 aromatic heterocycles. The summed E-state index contributed by atoms with van der Waals surface area (Å²) in [5.41, 5.74) is 3.16. The minimum absolute atomic E-state index is 0.102. The third-order valence-electron chi connectivity index (χ3n) is 6.48.